The van der Waals surface area contributed by atoms with Crippen LogP contribution in [0.3, 0.4) is 0 Å². The summed E-state index contributed by atoms with van der Waals surface area (Å²) in [6.07, 6.45) is 3.90. The van der Waals surface area contributed by atoms with Crippen molar-refractivity contribution >= 4 is 23.1 Å². The average Bonchev–Trinajstić information content (AvgIpc) is 3.10. The molecule has 0 saturated carbocycles. The summed E-state index contributed by atoms with van der Waals surface area (Å²) in [7, 11) is 0. The first-order chi connectivity index (χ1) is 12.8. The number of piperazine rings is 1. The molecule has 140 valence electrons. The van der Waals surface area contributed by atoms with E-state index in [9.17, 15) is 0 Å². The number of aromatic nitrogens is 2. The van der Waals surface area contributed by atoms with Gasteiger partial charge in [0.15, 0.2) is 5.96 Å². The molecule has 2 aromatic heterocycles. The van der Waals surface area contributed by atoms with Gasteiger partial charge >= 0.3 is 0 Å². The monoisotopic (exact) mass is 372 g/mol. The largest absolute Gasteiger partial charge is 0.357 e. The van der Waals surface area contributed by atoms with Crippen molar-refractivity contribution in [2.75, 3.05) is 44.2 Å². The Kier molecular flexibility index (Phi) is 6.82. The molecule has 0 radical (unpaired) electrons. The van der Waals surface area contributed by atoms with Gasteiger partial charge in [0, 0.05) is 63.0 Å². The van der Waals surface area contributed by atoms with E-state index in [0.717, 1.165) is 69.6 Å². The Morgan fingerprint density at radius 3 is 2.77 bits per heavy atom. The summed E-state index contributed by atoms with van der Waals surface area (Å²) in [6, 6.07) is 6.09. The third kappa shape index (κ3) is 5.17. The first kappa shape index (κ1) is 18.6. The predicted molar refractivity (Wildman–Crippen MR) is 109 cm³/mol. The van der Waals surface area contributed by atoms with Crippen molar-refractivity contribution in [3.8, 4) is 0 Å². The molecule has 1 fully saturated rings. The summed E-state index contributed by atoms with van der Waals surface area (Å²) in [5.74, 6) is 2.09. The highest BCUT2D eigenvalue weighted by Gasteiger charge is 2.20. The topological polar surface area (TPSA) is 56.7 Å². The van der Waals surface area contributed by atoms with Crippen LogP contribution in [-0.2, 0) is 6.42 Å². The smallest absolute Gasteiger partial charge is 0.194 e. The summed E-state index contributed by atoms with van der Waals surface area (Å²) >= 11 is 1.75. The van der Waals surface area contributed by atoms with E-state index in [1.807, 2.05) is 25.3 Å². The quantitative estimate of drug-likeness (QED) is 0.480. The highest BCUT2D eigenvalue weighted by atomic mass is 32.1. The van der Waals surface area contributed by atoms with Crippen LogP contribution in [0.25, 0.3) is 0 Å². The van der Waals surface area contributed by atoms with Gasteiger partial charge in [-0.2, -0.15) is 0 Å². The molecule has 26 heavy (non-hydrogen) atoms. The minimum absolute atomic E-state index is 0.835. The second-order valence-electron chi connectivity index (χ2n) is 6.38. The van der Waals surface area contributed by atoms with Crippen LogP contribution in [0.2, 0.25) is 0 Å². The van der Waals surface area contributed by atoms with E-state index in [4.69, 9.17) is 4.99 Å². The van der Waals surface area contributed by atoms with Crippen molar-refractivity contribution in [1.29, 1.82) is 0 Å². The molecule has 0 amide bonds. The summed E-state index contributed by atoms with van der Waals surface area (Å²) in [4.78, 5) is 18.5. The first-order valence-electron chi connectivity index (χ1n) is 9.36. The van der Waals surface area contributed by atoms with Gasteiger partial charge in [0.2, 0.25) is 0 Å². The lowest BCUT2D eigenvalue weighted by Crippen LogP contribution is -2.52. The van der Waals surface area contributed by atoms with Crippen molar-refractivity contribution in [1.82, 2.24) is 20.2 Å². The van der Waals surface area contributed by atoms with E-state index in [1.165, 1.54) is 5.01 Å². The van der Waals surface area contributed by atoms with Crippen LogP contribution in [0, 0.1) is 6.92 Å². The number of thiazole rings is 1. The van der Waals surface area contributed by atoms with Crippen LogP contribution >= 0.6 is 11.3 Å². The third-order valence-corrected chi connectivity index (χ3v) is 5.39. The number of anilines is 1. The minimum Gasteiger partial charge on any atom is -0.357 e. The highest BCUT2D eigenvalue weighted by molar-refractivity contribution is 7.09. The Balaban J connectivity index is 1.49. The van der Waals surface area contributed by atoms with Gasteiger partial charge in [-0.3, -0.25) is 4.99 Å². The molecule has 0 bridgehead atoms. The molecule has 0 spiro atoms. The van der Waals surface area contributed by atoms with Gasteiger partial charge in [0.05, 0.1) is 5.01 Å². The number of guanidine groups is 1. The molecule has 0 aliphatic carbocycles. The van der Waals surface area contributed by atoms with E-state index in [2.05, 4.69) is 43.5 Å². The lowest BCUT2D eigenvalue weighted by atomic mass is 10.3. The number of pyridine rings is 1. The van der Waals surface area contributed by atoms with Crippen molar-refractivity contribution < 1.29 is 0 Å². The van der Waals surface area contributed by atoms with Crippen molar-refractivity contribution in [3.05, 3.63) is 40.5 Å². The molecule has 1 N–H and O–H groups in total. The van der Waals surface area contributed by atoms with E-state index in [1.54, 1.807) is 11.3 Å². The predicted octanol–water partition coefficient (Wildman–Crippen LogP) is 2.57. The Morgan fingerprint density at radius 1 is 1.27 bits per heavy atom. The maximum atomic E-state index is 4.83. The maximum Gasteiger partial charge on any atom is 0.194 e. The molecule has 6 nitrogen and oxygen atoms in total. The van der Waals surface area contributed by atoms with Crippen molar-refractivity contribution in [2.24, 2.45) is 4.99 Å². The Hall–Kier alpha value is -2.15. The van der Waals surface area contributed by atoms with Gasteiger partial charge in [-0.25, -0.2) is 9.97 Å². The van der Waals surface area contributed by atoms with E-state index < -0.39 is 0 Å². The van der Waals surface area contributed by atoms with E-state index in [0.29, 0.717) is 0 Å². The van der Waals surface area contributed by atoms with Crippen LogP contribution in [-0.4, -0.2) is 60.1 Å². The normalized spacial score (nSPS) is 15.4. The molecular formula is C19H28N6S. The number of hydrogen-bond acceptors (Lipinski definition) is 5. The molecule has 1 saturated heterocycles. The Bertz CT molecular complexity index is 691. The zero-order valence-corrected chi connectivity index (χ0v) is 16.5. The minimum atomic E-state index is 0.835. The summed E-state index contributed by atoms with van der Waals surface area (Å²) in [6.45, 7) is 9.78. The molecule has 1 aliphatic rings. The Labute approximate surface area is 160 Å². The Morgan fingerprint density at radius 2 is 2.12 bits per heavy atom. The van der Waals surface area contributed by atoms with Crippen LogP contribution < -0.4 is 10.2 Å². The fourth-order valence-electron chi connectivity index (χ4n) is 3.05. The number of nitrogens with one attached hydrogen (secondary N) is 1. The number of aryl methyl sites for hydroxylation is 2. The van der Waals surface area contributed by atoms with Crippen molar-refractivity contribution in [2.45, 2.75) is 26.7 Å². The maximum absolute atomic E-state index is 4.83. The average molecular weight is 373 g/mol. The number of rotatable bonds is 6. The fraction of sp³-hybridized carbons (Fsp3) is 0.526. The SMILES string of the molecule is CCNC(=NCCCc1nc(C)cs1)N1CCN(c2ccccn2)CC1. The van der Waals surface area contributed by atoms with Crippen LogP contribution in [0.5, 0.6) is 0 Å². The lowest BCUT2D eigenvalue weighted by molar-refractivity contribution is 0.371. The summed E-state index contributed by atoms with van der Waals surface area (Å²) in [5.41, 5.74) is 1.12. The molecule has 0 aromatic carbocycles. The van der Waals surface area contributed by atoms with Gasteiger partial charge in [0.25, 0.3) is 0 Å². The second kappa shape index (κ2) is 9.52. The molecule has 1 aliphatic heterocycles. The van der Waals surface area contributed by atoms with Gasteiger partial charge in [0.1, 0.15) is 5.82 Å². The fourth-order valence-corrected chi connectivity index (χ4v) is 3.86. The summed E-state index contributed by atoms with van der Waals surface area (Å²) in [5, 5.41) is 6.77. The molecular weight excluding hydrogens is 344 g/mol. The second-order valence-corrected chi connectivity index (χ2v) is 7.33. The highest BCUT2D eigenvalue weighted by Crippen LogP contribution is 2.13. The van der Waals surface area contributed by atoms with Crippen molar-refractivity contribution in [3.63, 3.8) is 0 Å². The number of hydrogen-bond donors (Lipinski definition) is 1. The molecule has 0 unspecified atom stereocenters. The molecule has 7 heteroatoms. The molecule has 2 aromatic rings. The first-order valence-corrected chi connectivity index (χ1v) is 10.2. The van der Waals surface area contributed by atoms with Crippen LogP contribution in [0.1, 0.15) is 24.0 Å². The molecule has 3 heterocycles. The zero-order valence-electron chi connectivity index (χ0n) is 15.7. The van der Waals surface area contributed by atoms with Crippen LogP contribution in [0.15, 0.2) is 34.8 Å². The lowest BCUT2D eigenvalue weighted by Gasteiger charge is -2.37. The third-order valence-electron chi connectivity index (χ3n) is 4.36. The van der Waals surface area contributed by atoms with Gasteiger partial charge < -0.3 is 15.1 Å². The summed E-state index contributed by atoms with van der Waals surface area (Å²) < 4.78 is 0. The van der Waals surface area contributed by atoms with Crippen LogP contribution in [0.4, 0.5) is 5.82 Å². The van der Waals surface area contributed by atoms with Gasteiger partial charge in [-0.15, -0.1) is 11.3 Å². The zero-order chi connectivity index (χ0) is 18.2. The number of aliphatic imine (C=N–C) groups is 1. The number of nitrogens with zero attached hydrogens (tertiary/aromatic N) is 5. The van der Waals surface area contributed by atoms with E-state index >= 15 is 0 Å². The van der Waals surface area contributed by atoms with Gasteiger partial charge in [-0.1, -0.05) is 6.07 Å². The standard InChI is InChI=1S/C19H28N6S/c1-3-20-19(22-10-6-8-18-23-16(2)15-26-18)25-13-11-24(12-14-25)17-7-4-5-9-21-17/h4-5,7,9,15H,3,6,8,10-14H2,1-2H3,(H,20,22). The van der Waals surface area contributed by atoms with Gasteiger partial charge in [-0.05, 0) is 32.4 Å². The molecule has 0 atom stereocenters. The van der Waals surface area contributed by atoms with E-state index in [-0.39, 0.29) is 0 Å². The molecule has 3 rings (SSSR count).